The molecule has 29 heavy (non-hydrogen) atoms. The van der Waals surface area contributed by atoms with Crippen molar-refractivity contribution >= 4 is 51.7 Å². The van der Waals surface area contributed by atoms with E-state index in [9.17, 15) is 4.79 Å². The number of thioether (sulfide) groups is 1. The summed E-state index contributed by atoms with van der Waals surface area (Å²) in [5.41, 5.74) is 2.81. The van der Waals surface area contributed by atoms with Crippen LogP contribution in [0.25, 0.3) is 6.08 Å². The smallest absolute Gasteiger partial charge is 0.270 e. The number of morpholine rings is 1. The summed E-state index contributed by atoms with van der Waals surface area (Å²) in [5, 5.41) is 0. The highest BCUT2D eigenvalue weighted by Crippen LogP contribution is 2.40. The molecule has 8 heteroatoms. The second kappa shape index (κ2) is 7.70. The van der Waals surface area contributed by atoms with E-state index in [-0.39, 0.29) is 12.7 Å². The topological polar surface area (TPSA) is 51.2 Å². The number of carbonyl (C=O) groups is 1. The van der Waals surface area contributed by atoms with E-state index in [2.05, 4.69) is 17.0 Å². The number of nitrogens with zero attached hydrogens (tertiary/aromatic N) is 2. The van der Waals surface area contributed by atoms with Crippen LogP contribution in [0.5, 0.6) is 11.5 Å². The van der Waals surface area contributed by atoms with Crippen LogP contribution < -0.4 is 19.3 Å². The molecule has 2 fully saturated rings. The molecule has 0 radical (unpaired) electrons. The van der Waals surface area contributed by atoms with Gasteiger partial charge < -0.3 is 19.1 Å². The van der Waals surface area contributed by atoms with Gasteiger partial charge in [-0.05, 0) is 35.9 Å². The van der Waals surface area contributed by atoms with Gasteiger partial charge in [0, 0.05) is 24.8 Å². The number of rotatable bonds is 3. The van der Waals surface area contributed by atoms with Crippen LogP contribution in [-0.4, -0.2) is 43.3 Å². The lowest BCUT2D eigenvalue weighted by Gasteiger charge is -2.28. The molecule has 2 aromatic rings. The van der Waals surface area contributed by atoms with Crippen LogP contribution in [0.3, 0.4) is 0 Å². The summed E-state index contributed by atoms with van der Waals surface area (Å²) < 4.78 is 16.7. The fraction of sp³-hybridized carbons (Fsp3) is 0.238. The van der Waals surface area contributed by atoms with E-state index >= 15 is 0 Å². The van der Waals surface area contributed by atoms with Crippen LogP contribution in [0.1, 0.15) is 5.56 Å². The van der Waals surface area contributed by atoms with Crippen molar-refractivity contribution < 1.29 is 19.0 Å². The lowest BCUT2D eigenvalue weighted by Crippen LogP contribution is -2.36. The third-order valence-electron chi connectivity index (χ3n) is 4.98. The summed E-state index contributed by atoms with van der Waals surface area (Å²) in [6.07, 6.45) is 1.88. The average Bonchev–Trinajstić information content (AvgIpc) is 3.32. The lowest BCUT2D eigenvalue weighted by molar-refractivity contribution is -0.113. The molecule has 6 nitrogen and oxygen atoms in total. The van der Waals surface area contributed by atoms with Crippen LogP contribution in [0, 0.1) is 0 Å². The van der Waals surface area contributed by atoms with E-state index in [1.807, 2.05) is 24.3 Å². The van der Waals surface area contributed by atoms with Crippen molar-refractivity contribution in [2.45, 2.75) is 0 Å². The summed E-state index contributed by atoms with van der Waals surface area (Å²) >= 11 is 6.77. The Morgan fingerprint density at radius 3 is 2.48 bits per heavy atom. The Morgan fingerprint density at radius 2 is 1.69 bits per heavy atom. The zero-order chi connectivity index (χ0) is 19.8. The van der Waals surface area contributed by atoms with Gasteiger partial charge in [-0.3, -0.25) is 9.69 Å². The highest BCUT2D eigenvalue weighted by molar-refractivity contribution is 8.27. The molecule has 0 saturated carbocycles. The van der Waals surface area contributed by atoms with E-state index in [0.717, 1.165) is 31.9 Å². The first-order valence-corrected chi connectivity index (χ1v) is 10.5. The Morgan fingerprint density at radius 1 is 0.966 bits per heavy atom. The van der Waals surface area contributed by atoms with E-state index < -0.39 is 0 Å². The van der Waals surface area contributed by atoms with Gasteiger partial charge in [-0.15, -0.1) is 0 Å². The number of amides is 1. The molecule has 0 atom stereocenters. The van der Waals surface area contributed by atoms with Crippen molar-refractivity contribution in [3.63, 3.8) is 0 Å². The maximum Gasteiger partial charge on any atom is 0.270 e. The first kappa shape index (κ1) is 18.5. The van der Waals surface area contributed by atoms with Crippen molar-refractivity contribution in [1.82, 2.24) is 0 Å². The Kier molecular flexibility index (Phi) is 4.91. The molecular formula is C21H18N2O4S2. The van der Waals surface area contributed by atoms with Gasteiger partial charge in [0.05, 0.1) is 23.8 Å². The van der Waals surface area contributed by atoms with E-state index in [1.54, 1.807) is 12.1 Å². The maximum absolute atomic E-state index is 13.0. The number of benzene rings is 2. The first-order chi connectivity index (χ1) is 14.2. The minimum absolute atomic E-state index is 0.129. The lowest BCUT2D eigenvalue weighted by atomic mass is 10.1. The van der Waals surface area contributed by atoms with E-state index in [0.29, 0.717) is 26.4 Å². The fourth-order valence-electron chi connectivity index (χ4n) is 3.47. The van der Waals surface area contributed by atoms with Crippen molar-refractivity contribution in [2.75, 3.05) is 42.9 Å². The third kappa shape index (κ3) is 3.59. The molecule has 2 saturated heterocycles. The van der Waals surface area contributed by atoms with Crippen LogP contribution in [-0.2, 0) is 9.53 Å². The van der Waals surface area contributed by atoms with E-state index in [4.69, 9.17) is 26.4 Å². The quantitative estimate of drug-likeness (QED) is 0.548. The fourth-order valence-corrected chi connectivity index (χ4v) is 4.77. The van der Waals surface area contributed by atoms with Crippen molar-refractivity contribution in [3.8, 4) is 11.5 Å². The molecular weight excluding hydrogens is 408 g/mol. The van der Waals surface area contributed by atoms with Crippen molar-refractivity contribution in [1.29, 1.82) is 0 Å². The van der Waals surface area contributed by atoms with Crippen molar-refractivity contribution in [3.05, 3.63) is 52.9 Å². The highest BCUT2D eigenvalue weighted by atomic mass is 32.2. The standard InChI is InChI=1S/C21H18N2O4S2/c24-20-19(11-14-1-3-15(4-2-14)22-7-9-25-10-8-22)29-21(28)23(20)16-5-6-17-18(12-16)27-13-26-17/h1-6,11-12H,7-10,13H2/b19-11+. The summed E-state index contributed by atoms with van der Waals surface area (Å²) in [5.74, 6) is 1.17. The van der Waals surface area contributed by atoms with E-state index in [1.165, 1.54) is 22.3 Å². The maximum atomic E-state index is 13.0. The number of carbonyl (C=O) groups excluding carboxylic acids is 1. The monoisotopic (exact) mass is 426 g/mol. The van der Waals surface area contributed by atoms with Crippen LogP contribution >= 0.6 is 24.0 Å². The largest absolute Gasteiger partial charge is 0.454 e. The molecule has 1 amide bonds. The van der Waals surface area contributed by atoms with Gasteiger partial charge >= 0.3 is 0 Å². The molecule has 0 aliphatic carbocycles. The second-order valence-electron chi connectivity index (χ2n) is 6.75. The molecule has 0 aromatic heterocycles. The predicted octanol–water partition coefficient (Wildman–Crippen LogP) is 3.66. The normalized spacial score (nSPS) is 20.1. The molecule has 5 rings (SSSR count). The van der Waals surface area contributed by atoms with Gasteiger partial charge in [0.15, 0.2) is 15.8 Å². The third-order valence-corrected chi connectivity index (χ3v) is 6.28. The summed E-state index contributed by atoms with van der Waals surface area (Å²) in [4.78, 5) is 17.4. The molecule has 0 unspecified atom stereocenters. The van der Waals surface area contributed by atoms with Gasteiger partial charge in [-0.2, -0.15) is 0 Å². The van der Waals surface area contributed by atoms with Gasteiger partial charge in [0.2, 0.25) is 6.79 Å². The number of ether oxygens (including phenoxy) is 3. The number of hydrogen-bond acceptors (Lipinski definition) is 7. The Bertz CT molecular complexity index is 1000. The van der Waals surface area contributed by atoms with Gasteiger partial charge in [0.25, 0.3) is 5.91 Å². The SMILES string of the molecule is O=C1/C(=C\c2ccc(N3CCOCC3)cc2)SC(=S)N1c1ccc2c(c1)OCO2. The van der Waals surface area contributed by atoms with Crippen LogP contribution in [0.2, 0.25) is 0 Å². The van der Waals surface area contributed by atoms with Crippen LogP contribution in [0.4, 0.5) is 11.4 Å². The Labute approximate surface area is 178 Å². The number of anilines is 2. The summed E-state index contributed by atoms with van der Waals surface area (Å²) in [6.45, 7) is 3.49. The van der Waals surface area contributed by atoms with Gasteiger partial charge in [-0.25, -0.2) is 0 Å². The van der Waals surface area contributed by atoms with Crippen LogP contribution in [0.15, 0.2) is 47.4 Å². The minimum Gasteiger partial charge on any atom is -0.454 e. The Hall–Kier alpha value is -2.55. The first-order valence-electron chi connectivity index (χ1n) is 9.29. The highest BCUT2D eigenvalue weighted by Gasteiger charge is 2.34. The van der Waals surface area contributed by atoms with Crippen molar-refractivity contribution in [2.24, 2.45) is 0 Å². The summed E-state index contributed by atoms with van der Waals surface area (Å²) in [7, 11) is 0. The molecule has 2 aromatic carbocycles. The zero-order valence-electron chi connectivity index (χ0n) is 15.5. The molecule has 0 N–H and O–H groups in total. The molecule has 3 aliphatic heterocycles. The molecule has 3 aliphatic rings. The molecule has 3 heterocycles. The molecule has 0 bridgehead atoms. The predicted molar refractivity (Wildman–Crippen MR) is 118 cm³/mol. The number of thiocarbonyl (C=S) groups is 1. The molecule has 148 valence electrons. The average molecular weight is 427 g/mol. The number of hydrogen-bond donors (Lipinski definition) is 0. The van der Waals surface area contributed by atoms with Gasteiger partial charge in [-0.1, -0.05) is 36.1 Å². The Balaban J connectivity index is 1.36. The van der Waals surface area contributed by atoms with Gasteiger partial charge in [0.1, 0.15) is 0 Å². The minimum atomic E-state index is -0.129. The number of fused-ring (bicyclic) bond motifs is 1. The second-order valence-corrected chi connectivity index (χ2v) is 8.42. The molecule has 0 spiro atoms. The summed E-state index contributed by atoms with van der Waals surface area (Å²) in [6, 6.07) is 13.6. The zero-order valence-corrected chi connectivity index (χ0v) is 17.1.